The van der Waals surface area contributed by atoms with Gasteiger partial charge in [0.2, 0.25) is 11.8 Å². The van der Waals surface area contributed by atoms with Crippen LogP contribution in [0, 0.1) is 6.92 Å². The number of hydrogen-bond donors (Lipinski definition) is 2. The summed E-state index contributed by atoms with van der Waals surface area (Å²) in [6, 6.07) is 3.06. The summed E-state index contributed by atoms with van der Waals surface area (Å²) in [6.45, 7) is 4.16. The smallest absolute Gasteiger partial charge is 0.246 e. The van der Waals surface area contributed by atoms with E-state index in [4.69, 9.17) is 0 Å². The first kappa shape index (κ1) is 14.1. The summed E-state index contributed by atoms with van der Waals surface area (Å²) in [6.07, 6.45) is 1.03. The number of nitrogens with one attached hydrogen (secondary N) is 1. The van der Waals surface area contributed by atoms with Crippen LogP contribution in [0.2, 0.25) is 0 Å². The van der Waals surface area contributed by atoms with Gasteiger partial charge in [-0.15, -0.1) is 0 Å². The van der Waals surface area contributed by atoms with E-state index >= 15 is 0 Å². The molecule has 21 heavy (non-hydrogen) atoms. The van der Waals surface area contributed by atoms with E-state index in [2.05, 4.69) is 12.2 Å². The van der Waals surface area contributed by atoms with Crippen LogP contribution in [0.4, 0.5) is 0 Å². The topological polar surface area (TPSA) is 69.6 Å². The maximum Gasteiger partial charge on any atom is 0.246 e. The average molecular weight is 288 g/mol. The Morgan fingerprint density at radius 3 is 2.57 bits per heavy atom. The molecule has 2 amide bonds. The van der Waals surface area contributed by atoms with Crippen molar-refractivity contribution in [2.75, 3.05) is 7.05 Å². The summed E-state index contributed by atoms with van der Waals surface area (Å²) in [7, 11) is 1.51. The molecule has 3 atom stereocenters. The number of nitrogens with zero attached hydrogens (tertiary/aromatic N) is 1. The quantitative estimate of drug-likeness (QED) is 0.811. The number of carbonyl (C=O) groups excluding carboxylic acids is 2. The maximum atomic E-state index is 12.0. The van der Waals surface area contributed by atoms with E-state index in [-0.39, 0.29) is 30.0 Å². The van der Waals surface area contributed by atoms with E-state index in [0.717, 1.165) is 23.1 Å². The van der Waals surface area contributed by atoms with Crippen molar-refractivity contribution < 1.29 is 14.7 Å². The van der Waals surface area contributed by atoms with Crippen molar-refractivity contribution in [3.05, 3.63) is 28.8 Å². The number of hydrogen-bond acceptors (Lipinski definition) is 4. The van der Waals surface area contributed by atoms with Gasteiger partial charge in [0, 0.05) is 18.7 Å². The van der Waals surface area contributed by atoms with Crippen LogP contribution in [-0.2, 0) is 9.59 Å². The molecule has 1 aliphatic carbocycles. The van der Waals surface area contributed by atoms with Crippen LogP contribution < -0.4 is 5.32 Å². The third kappa shape index (κ3) is 2.12. The predicted molar refractivity (Wildman–Crippen MR) is 77.9 cm³/mol. The minimum Gasteiger partial charge on any atom is -0.508 e. The van der Waals surface area contributed by atoms with Gasteiger partial charge in [-0.2, -0.15) is 0 Å². The third-order valence-corrected chi connectivity index (χ3v) is 4.70. The number of phenols is 1. The summed E-state index contributed by atoms with van der Waals surface area (Å²) in [5.41, 5.74) is 3.21. The van der Waals surface area contributed by atoms with Crippen molar-refractivity contribution >= 4 is 11.8 Å². The van der Waals surface area contributed by atoms with Crippen molar-refractivity contribution in [1.29, 1.82) is 0 Å². The monoisotopic (exact) mass is 288 g/mol. The molecule has 2 aliphatic rings. The Morgan fingerprint density at radius 2 is 1.95 bits per heavy atom. The fourth-order valence-corrected chi connectivity index (χ4v) is 3.62. The van der Waals surface area contributed by atoms with Crippen molar-refractivity contribution in [1.82, 2.24) is 10.2 Å². The summed E-state index contributed by atoms with van der Waals surface area (Å²) in [5, 5.41) is 13.5. The molecule has 1 aliphatic heterocycles. The average Bonchev–Trinajstić information content (AvgIpc) is 2.88. The van der Waals surface area contributed by atoms with Gasteiger partial charge in [-0.3, -0.25) is 19.8 Å². The van der Waals surface area contributed by atoms with Gasteiger partial charge in [0.1, 0.15) is 5.75 Å². The molecular formula is C16H20N2O3. The number of likely N-dealkylation sites (N-methyl/N-ethyl adjacent to an activating group) is 1. The molecule has 0 saturated carbocycles. The first-order valence-corrected chi connectivity index (χ1v) is 7.29. The van der Waals surface area contributed by atoms with E-state index in [0.29, 0.717) is 5.92 Å². The normalized spacial score (nSPS) is 28.3. The molecule has 2 N–H and O–H groups in total. The number of fused-ring (bicyclic) bond motifs is 1. The van der Waals surface area contributed by atoms with E-state index < -0.39 is 6.04 Å². The van der Waals surface area contributed by atoms with Crippen LogP contribution in [0.15, 0.2) is 12.1 Å². The van der Waals surface area contributed by atoms with Crippen LogP contribution in [-0.4, -0.2) is 34.9 Å². The molecular weight excluding hydrogens is 268 g/mol. The Balaban J connectivity index is 1.89. The highest BCUT2D eigenvalue weighted by atomic mass is 16.3. The molecule has 1 aromatic carbocycles. The van der Waals surface area contributed by atoms with Crippen LogP contribution >= 0.6 is 0 Å². The number of amides is 2. The number of likely N-dealkylation sites (tertiary alicyclic amines) is 1. The van der Waals surface area contributed by atoms with E-state index in [1.54, 1.807) is 6.07 Å². The molecule has 3 rings (SSSR count). The van der Waals surface area contributed by atoms with Crippen molar-refractivity contribution in [3.63, 3.8) is 0 Å². The summed E-state index contributed by atoms with van der Waals surface area (Å²) in [4.78, 5) is 24.8. The lowest BCUT2D eigenvalue weighted by molar-refractivity contribution is -0.137. The molecule has 1 heterocycles. The molecule has 0 radical (unpaired) electrons. The maximum absolute atomic E-state index is 12.0. The fourth-order valence-electron chi connectivity index (χ4n) is 3.62. The lowest BCUT2D eigenvalue weighted by Crippen LogP contribution is -2.38. The number of aromatic hydroxyl groups is 1. The van der Waals surface area contributed by atoms with Gasteiger partial charge in [0.15, 0.2) is 0 Å². The zero-order chi connectivity index (χ0) is 15.3. The fraction of sp³-hybridized carbons (Fsp3) is 0.500. The van der Waals surface area contributed by atoms with E-state index in [9.17, 15) is 14.7 Å². The second kappa shape index (κ2) is 4.84. The molecule has 5 heteroatoms. The van der Waals surface area contributed by atoms with Gasteiger partial charge < -0.3 is 5.11 Å². The standard InChI is InChI=1S/C16H20N2O3/c1-8-4-5-12(19)15-10(6-9(2)14(8)15)17-11-7-13(20)18(3)16(11)21/h4-5,9-11,17,19H,6-7H2,1-3H3. The van der Waals surface area contributed by atoms with Gasteiger partial charge >= 0.3 is 0 Å². The molecule has 0 spiro atoms. The van der Waals surface area contributed by atoms with Gasteiger partial charge in [-0.05, 0) is 36.5 Å². The highest BCUT2D eigenvalue weighted by Gasteiger charge is 2.40. The van der Waals surface area contributed by atoms with Crippen LogP contribution in [0.1, 0.15) is 48.4 Å². The molecule has 0 bridgehead atoms. The van der Waals surface area contributed by atoms with E-state index in [1.165, 1.54) is 11.9 Å². The number of carbonyl (C=O) groups is 2. The van der Waals surface area contributed by atoms with Gasteiger partial charge in [0.25, 0.3) is 0 Å². The molecule has 0 aromatic heterocycles. The van der Waals surface area contributed by atoms with Gasteiger partial charge in [0.05, 0.1) is 12.5 Å². The van der Waals surface area contributed by atoms with Crippen molar-refractivity contribution in [2.45, 2.75) is 44.7 Å². The molecule has 3 unspecified atom stereocenters. The zero-order valence-corrected chi connectivity index (χ0v) is 12.5. The Bertz CT molecular complexity index is 626. The first-order valence-electron chi connectivity index (χ1n) is 7.29. The van der Waals surface area contributed by atoms with Gasteiger partial charge in [-0.1, -0.05) is 13.0 Å². The van der Waals surface area contributed by atoms with Crippen LogP contribution in [0.5, 0.6) is 5.75 Å². The van der Waals surface area contributed by atoms with Crippen LogP contribution in [0.25, 0.3) is 0 Å². The minimum absolute atomic E-state index is 0.0804. The lowest BCUT2D eigenvalue weighted by atomic mass is 9.97. The highest BCUT2D eigenvalue weighted by Crippen LogP contribution is 2.46. The number of imide groups is 1. The summed E-state index contributed by atoms with van der Waals surface area (Å²) in [5.74, 6) is 0.252. The molecule has 112 valence electrons. The number of phenolic OH excluding ortho intramolecular Hbond substituents is 1. The highest BCUT2D eigenvalue weighted by molar-refractivity contribution is 6.05. The van der Waals surface area contributed by atoms with Crippen molar-refractivity contribution in [3.8, 4) is 5.75 Å². The lowest BCUT2D eigenvalue weighted by Gasteiger charge is -2.19. The van der Waals surface area contributed by atoms with Crippen LogP contribution in [0.3, 0.4) is 0 Å². The minimum atomic E-state index is -0.481. The van der Waals surface area contributed by atoms with E-state index in [1.807, 2.05) is 13.0 Å². The largest absolute Gasteiger partial charge is 0.508 e. The molecule has 1 saturated heterocycles. The number of rotatable bonds is 2. The number of benzene rings is 1. The zero-order valence-electron chi connectivity index (χ0n) is 12.5. The second-order valence-electron chi connectivity index (χ2n) is 6.13. The number of aryl methyl sites for hydroxylation is 1. The second-order valence-corrected chi connectivity index (χ2v) is 6.13. The SMILES string of the molecule is Cc1ccc(O)c2c1C(C)CC2NC1CC(=O)N(C)C1=O. The molecule has 1 fully saturated rings. The van der Waals surface area contributed by atoms with Gasteiger partial charge in [-0.25, -0.2) is 0 Å². The Labute approximate surface area is 123 Å². The summed E-state index contributed by atoms with van der Waals surface area (Å²) < 4.78 is 0. The first-order chi connectivity index (χ1) is 9.90. The Morgan fingerprint density at radius 1 is 1.24 bits per heavy atom. The third-order valence-electron chi connectivity index (χ3n) is 4.70. The van der Waals surface area contributed by atoms with Crippen molar-refractivity contribution in [2.24, 2.45) is 0 Å². The molecule has 5 nitrogen and oxygen atoms in total. The Kier molecular flexibility index (Phi) is 3.24. The molecule has 1 aromatic rings. The predicted octanol–water partition coefficient (Wildman–Crippen LogP) is 1.60. The summed E-state index contributed by atoms with van der Waals surface area (Å²) >= 11 is 0. The Hall–Kier alpha value is -1.88.